The second kappa shape index (κ2) is 4.96. The molecule has 16 heavy (non-hydrogen) atoms. The van der Waals surface area contributed by atoms with Gasteiger partial charge in [-0.1, -0.05) is 30.3 Å². The molecule has 0 radical (unpaired) electrons. The van der Waals surface area contributed by atoms with Gasteiger partial charge in [-0.05, 0) is 18.1 Å². The van der Waals surface area contributed by atoms with Crippen LogP contribution in [-0.4, -0.2) is 16.7 Å². The first-order valence-electron chi connectivity index (χ1n) is 5.42. The second-order valence-corrected chi connectivity index (χ2v) is 3.79. The van der Waals surface area contributed by atoms with Gasteiger partial charge in [0, 0.05) is 30.1 Å². The Balaban J connectivity index is 2.33. The summed E-state index contributed by atoms with van der Waals surface area (Å²) in [7, 11) is 0. The van der Waals surface area contributed by atoms with E-state index in [1.54, 1.807) is 0 Å². The minimum absolute atomic E-state index is 0.106. The van der Waals surface area contributed by atoms with Crippen molar-refractivity contribution in [1.29, 1.82) is 0 Å². The Morgan fingerprint density at radius 3 is 2.62 bits per heavy atom. The van der Waals surface area contributed by atoms with Gasteiger partial charge < -0.3 is 15.8 Å². The van der Waals surface area contributed by atoms with Crippen LogP contribution in [0.15, 0.2) is 42.6 Å². The Kier molecular flexibility index (Phi) is 3.39. The molecule has 2 aromatic rings. The fraction of sp³-hybridized carbons (Fsp3) is 0.231. The van der Waals surface area contributed by atoms with Gasteiger partial charge in [0.25, 0.3) is 0 Å². The van der Waals surface area contributed by atoms with Crippen LogP contribution in [0.5, 0.6) is 0 Å². The molecule has 0 bridgehead atoms. The van der Waals surface area contributed by atoms with E-state index in [-0.39, 0.29) is 12.6 Å². The molecule has 2 rings (SSSR count). The van der Waals surface area contributed by atoms with Gasteiger partial charge in [0.05, 0.1) is 0 Å². The average Bonchev–Trinajstić information content (AvgIpc) is 2.79. The van der Waals surface area contributed by atoms with Gasteiger partial charge in [0.1, 0.15) is 0 Å². The third kappa shape index (κ3) is 2.15. The third-order valence-corrected chi connectivity index (χ3v) is 2.67. The second-order valence-electron chi connectivity index (χ2n) is 3.79. The molecular formula is C13H16N2O. The highest BCUT2D eigenvalue weighted by atomic mass is 16.3. The predicted molar refractivity (Wildman–Crippen MR) is 64.9 cm³/mol. The fourth-order valence-electron chi connectivity index (χ4n) is 1.84. The van der Waals surface area contributed by atoms with Crippen LogP contribution < -0.4 is 5.73 Å². The fourth-order valence-corrected chi connectivity index (χ4v) is 1.84. The van der Waals surface area contributed by atoms with Crippen molar-refractivity contribution >= 4 is 0 Å². The van der Waals surface area contributed by atoms with Crippen LogP contribution in [0.3, 0.4) is 0 Å². The van der Waals surface area contributed by atoms with Crippen LogP contribution >= 0.6 is 0 Å². The van der Waals surface area contributed by atoms with E-state index in [4.69, 9.17) is 10.8 Å². The van der Waals surface area contributed by atoms with Crippen LogP contribution in [0, 0.1) is 0 Å². The number of H-pyrrole nitrogens is 1. The number of hydrogen-bond acceptors (Lipinski definition) is 2. The zero-order valence-corrected chi connectivity index (χ0v) is 9.06. The summed E-state index contributed by atoms with van der Waals surface area (Å²) >= 11 is 0. The van der Waals surface area contributed by atoms with Gasteiger partial charge in [0.15, 0.2) is 0 Å². The van der Waals surface area contributed by atoms with Gasteiger partial charge in [-0.3, -0.25) is 0 Å². The van der Waals surface area contributed by atoms with Gasteiger partial charge in [-0.25, -0.2) is 0 Å². The van der Waals surface area contributed by atoms with Gasteiger partial charge >= 0.3 is 0 Å². The SMILES string of the molecule is N[C@@H](CCO)c1[nH]ccc1-c1ccccc1. The first-order chi connectivity index (χ1) is 7.83. The lowest BCUT2D eigenvalue weighted by molar-refractivity contribution is 0.276. The lowest BCUT2D eigenvalue weighted by Gasteiger charge is -2.11. The molecule has 0 aliphatic heterocycles. The standard InChI is InChI=1S/C13H16N2O/c14-12(7-9-16)13-11(6-8-15-13)10-4-2-1-3-5-10/h1-6,8,12,15-16H,7,9,14H2/t12-/m0/s1. The van der Waals surface area contributed by atoms with Crippen molar-refractivity contribution in [2.45, 2.75) is 12.5 Å². The molecule has 1 atom stereocenters. The molecule has 0 fully saturated rings. The van der Waals surface area contributed by atoms with Crippen LogP contribution in [-0.2, 0) is 0 Å². The Bertz CT molecular complexity index is 436. The summed E-state index contributed by atoms with van der Waals surface area (Å²) in [5, 5.41) is 8.90. The van der Waals surface area contributed by atoms with E-state index in [1.807, 2.05) is 30.5 Å². The number of nitrogens with one attached hydrogen (secondary N) is 1. The molecule has 84 valence electrons. The summed E-state index contributed by atoms with van der Waals surface area (Å²) in [6.07, 6.45) is 2.45. The molecular weight excluding hydrogens is 200 g/mol. The van der Waals surface area contributed by atoms with E-state index in [0.717, 1.165) is 16.8 Å². The molecule has 0 saturated carbocycles. The van der Waals surface area contributed by atoms with Crippen molar-refractivity contribution in [3.63, 3.8) is 0 Å². The van der Waals surface area contributed by atoms with Gasteiger partial charge in [0.2, 0.25) is 0 Å². The van der Waals surface area contributed by atoms with Crippen molar-refractivity contribution in [2.24, 2.45) is 5.73 Å². The highest BCUT2D eigenvalue weighted by molar-refractivity contribution is 5.66. The van der Waals surface area contributed by atoms with E-state index in [2.05, 4.69) is 17.1 Å². The number of aromatic nitrogens is 1. The first-order valence-corrected chi connectivity index (χ1v) is 5.42. The summed E-state index contributed by atoms with van der Waals surface area (Å²) < 4.78 is 0. The number of benzene rings is 1. The number of hydrogen-bond donors (Lipinski definition) is 3. The van der Waals surface area contributed by atoms with Crippen LogP contribution in [0.25, 0.3) is 11.1 Å². The lowest BCUT2D eigenvalue weighted by atomic mass is 10.0. The van der Waals surface area contributed by atoms with E-state index in [9.17, 15) is 0 Å². The maximum Gasteiger partial charge on any atom is 0.0476 e. The molecule has 0 spiro atoms. The maximum absolute atomic E-state index is 8.90. The van der Waals surface area contributed by atoms with Gasteiger partial charge in [-0.15, -0.1) is 0 Å². The van der Waals surface area contributed by atoms with E-state index >= 15 is 0 Å². The Labute approximate surface area is 94.9 Å². The summed E-state index contributed by atoms with van der Waals surface area (Å²) in [5.41, 5.74) is 9.24. The number of aliphatic hydroxyl groups excluding tert-OH is 1. The molecule has 0 saturated heterocycles. The van der Waals surface area contributed by atoms with Crippen LogP contribution in [0.4, 0.5) is 0 Å². The highest BCUT2D eigenvalue weighted by Gasteiger charge is 2.12. The maximum atomic E-state index is 8.90. The lowest BCUT2D eigenvalue weighted by Crippen LogP contribution is -2.13. The normalized spacial score (nSPS) is 12.6. The molecule has 1 aromatic heterocycles. The van der Waals surface area contributed by atoms with E-state index in [1.165, 1.54) is 0 Å². The molecule has 0 aliphatic carbocycles. The van der Waals surface area contributed by atoms with Crippen molar-refractivity contribution in [3.05, 3.63) is 48.3 Å². The monoisotopic (exact) mass is 216 g/mol. The van der Waals surface area contributed by atoms with Crippen molar-refractivity contribution in [3.8, 4) is 11.1 Å². The minimum Gasteiger partial charge on any atom is -0.396 e. The topological polar surface area (TPSA) is 62.0 Å². The van der Waals surface area contributed by atoms with Crippen molar-refractivity contribution in [2.75, 3.05) is 6.61 Å². The summed E-state index contributed by atoms with van der Waals surface area (Å²) in [6.45, 7) is 0.106. The van der Waals surface area contributed by atoms with Crippen LogP contribution in [0.1, 0.15) is 18.2 Å². The molecule has 0 amide bonds. The summed E-state index contributed by atoms with van der Waals surface area (Å²) in [6, 6.07) is 12.0. The molecule has 4 N–H and O–H groups in total. The highest BCUT2D eigenvalue weighted by Crippen LogP contribution is 2.27. The molecule has 0 unspecified atom stereocenters. The predicted octanol–water partition coefficient (Wildman–Crippen LogP) is 2.06. The molecule has 1 heterocycles. The number of aromatic amines is 1. The third-order valence-electron chi connectivity index (χ3n) is 2.67. The first kappa shape index (κ1) is 10.9. The Hall–Kier alpha value is -1.58. The van der Waals surface area contributed by atoms with Crippen molar-refractivity contribution in [1.82, 2.24) is 4.98 Å². The Morgan fingerprint density at radius 1 is 1.19 bits per heavy atom. The largest absolute Gasteiger partial charge is 0.396 e. The minimum atomic E-state index is -0.143. The van der Waals surface area contributed by atoms with Crippen molar-refractivity contribution < 1.29 is 5.11 Å². The number of rotatable bonds is 4. The average molecular weight is 216 g/mol. The molecule has 3 nitrogen and oxygen atoms in total. The number of aliphatic hydroxyl groups is 1. The van der Waals surface area contributed by atoms with E-state index in [0.29, 0.717) is 6.42 Å². The summed E-state index contributed by atoms with van der Waals surface area (Å²) in [4.78, 5) is 3.15. The van der Waals surface area contributed by atoms with Crippen LogP contribution in [0.2, 0.25) is 0 Å². The summed E-state index contributed by atoms with van der Waals surface area (Å²) in [5.74, 6) is 0. The zero-order valence-electron chi connectivity index (χ0n) is 9.06. The van der Waals surface area contributed by atoms with E-state index < -0.39 is 0 Å². The Morgan fingerprint density at radius 2 is 1.94 bits per heavy atom. The smallest absolute Gasteiger partial charge is 0.0476 e. The molecule has 0 aliphatic rings. The van der Waals surface area contributed by atoms with Gasteiger partial charge in [-0.2, -0.15) is 0 Å². The molecule has 1 aromatic carbocycles. The number of nitrogens with two attached hydrogens (primary N) is 1. The quantitative estimate of drug-likeness (QED) is 0.732. The molecule has 3 heteroatoms. The zero-order chi connectivity index (χ0) is 11.4.